The molecule has 0 radical (unpaired) electrons. The van der Waals surface area contributed by atoms with Crippen molar-refractivity contribution in [3.63, 3.8) is 0 Å². The van der Waals surface area contributed by atoms with Crippen molar-refractivity contribution < 1.29 is 19.0 Å². The number of ether oxygens (including phenoxy) is 3. The van der Waals surface area contributed by atoms with Crippen LogP contribution in [0.4, 0.5) is 0 Å². The summed E-state index contributed by atoms with van der Waals surface area (Å²) in [6.07, 6.45) is 2.56. The van der Waals surface area contributed by atoms with Crippen molar-refractivity contribution in [3.8, 4) is 6.07 Å². The molecular formula is C14H17NO4. The summed E-state index contributed by atoms with van der Waals surface area (Å²) in [6, 6.07) is 1.86. The average Bonchev–Trinajstić information content (AvgIpc) is 2.28. The van der Waals surface area contributed by atoms with Crippen molar-refractivity contribution in [1.29, 1.82) is 5.26 Å². The molecule has 0 saturated carbocycles. The van der Waals surface area contributed by atoms with Crippen LogP contribution >= 0.6 is 0 Å². The molecular weight excluding hydrogens is 246 g/mol. The Hall–Kier alpha value is -2.06. The lowest BCUT2D eigenvalue weighted by Gasteiger charge is -2.15. The van der Waals surface area contributed by atoms with E-state index in [0.717, 1.165) is 0 Å². The van der Waals surface area contributed by atoms with Crippen LogP contribution in [-0.4, -0.2) is 18.9 Å². The number of nitriles is 1. The fourth-order valence-corrected chi connectivity index (χ4v) is 1.64. The van der Waals surface area contributed by atoms with E-state index in [1.807, 2.05) is 6.07 Å². The van der Waals surface area contributed by atoms with E-state index in [1.165, 1.54) is 0 Å². The Morgan fingerprint density at radius 3 is 2.47 bits per heavy atom. The van der Waals surface area contributed by atoms with Gasteiger partial charge in [-0.05, 0) is 39.8 Å². The summed E-state index contributed by atoms with van der Waals surface area (Å²) >= 11 is 0. The molecule has 1 heterocycles. The normalized spacial score (nSPS) is 15.6. The van der Waals surface area contributed by atoms with Gasteiger partial charge < -0.3 is 14.2 Å². The maximum atomic E-state index is 11.9. The van der Waals surface area contributed by atoms with Gasteiger partial charge in [-0.15, -0.1) is 0 Å². The summed E-state index contributed by atoms with van der Waals surface area (Å²) in [4.78, 5) is 11.9. The van der Waals surface area contributed by atoms with Crippen LogP contribution in [0.25, 0.3) is 0 Å². The lowest BCUT2D eigenvalue weighted by atomic mass is 10.1. The highest BCUT2D eigenvalue weighted by Gasteiger charge is 2.19. The maximum absolute atomic E-state index is 11.9. The standard InChI is InChI=1S/C14H17NO4/c1-5-17-11(4)19-14(16)13(8-15)12-6-9(2)18-10(3)7-12/h6-7,11H,5H2,1-4H3. The summed E-state index contributed by atoms with van der Waals surface area (Å²) in [5.74, 6) is 0.537. The molecule has 5 heteroatoms. The van der Waals surface area contributed by atoms with E-state index in [1.54, 1.807) is 39.8 Å². The van der Waals surface area contributed by atoms with Gasteiger partial charge in [0.1, 0.15) is 23.2 Å². The fourth-order valence-electron chi connectivity index (χ4n) is 1.64. The van der Waals surface area contributed by atoms with E-state index in [2.05, 4.69) is 0 Å². The quantitative estimate of drug-likeness (QED) is 0.337. The Kier molecular flexibility index (Phi) is 5.34. The Morgan fingerprint density at radius 2 is 2.00 bits per heavy atom. The number of esters is 1. The number of hydrogen-bond acceptors (Lipinski definition) is 5. The molecule has 0 aliphatic carbocycles. The van der Waals surface area contributed by atoms with Crippen LogP contribution in [-0.2, 0) is 19.0 Å². The van der Waals surface area contributed by atoms with Crippen molar-refractivity contribution in [2.75, 3.05) is 6.61 Å². The fraction of sp³-hybridized carbons (Fsp3) is 0.429. The van der Waals surface area contributed by atoms with Crippen LogP contribution in [0.5, 0.6) is 0 Å². The van der Waals surface area contributed by atoms with Crippen LogP contribution in [0.1, 0.15) is 27.7 Å². The van der Waals surface area contributed by atoms with Crippen LogP contribution in [0.15, 0.2) is 34.8 Å². The summed E-state index contributed by atoms with van der Waals surface area (Å²) in [6.45, 7) is 7.33. The zero-order chi connectivity index (χ0) is 14.4. The molecule has 1 unspecified atom stereocenters. The van der Waals surface area contributed by atoms with E-state index in [0.29, 0.717) is 23.7 Å². The topological polar surface area (TPSA) is 68.5 Å². The molecule has 0 saturated heterocycles. The van der Waals surface area contributed by atoms with E-state index in [-0.39, 0.29) is 5.57 Å². The molecule has 0 amide bonds. The minimum atomic E-state index is -0.701. The van der Waals surface area contributed by atoms with E-state index in [4.69, 9.17) is 19.5 Å². The first-order valence-electron chi connectivity index (χ1n) is 5.99. The van der Waals surface area contributed by atoms with Gasteiger partial charge >= 0.3 is 5.97 Å². The molecule has 0 aromatic rings. The SMILES string of the molecule is CCOC(C)OC(=O)C(C#N)=C1C=C(C)OC(C)=C1. The molecule has 1 aliphatic rings. The number of carbonyl (C=O) groups is 1. The van der Waals surface area contributed by atoms with Crippen molar-refractivity contribution in [2.45, 2.75) is 34.0 Å². The van der Waals surface area contributed by atoms with Gasteiger partial charge in [-0.25, -0.2) is 4.79 Å². The van der Waals surface area contributed by atoms with E-state index < -0.39 is 12.3 Å². The third-order valence-corrected chi connectivity index (χ3v) is 2.32. The number of carbonyl (C=O) groups excluding carboxylic acids is 1. The average molecular weight is 263 g/mol. The van der Waals surface area contributed by atoms with Gasteiger partial charge in [0.2, 0.25) is 6.29 Å². The third kappa shape index (κ3) is 4.27. The van der Waals surface area contributed by atoms with Crippen molar-refractivity contribution in [2.24, 2.45) is 0 Å². The van der Waals surface area contributed by atoms with Gasteiger partial charge in [0, 0.05) is 12.2 Å². The monoisotopic (exact) mass is 263 g/mol. The second kappa shape index (κ2) is 6.76. The van der Waals surface area contributed by atoms with Gasteiger partial charge in [0.05, 0.1) is 0 Å². The van der Waals surface area contributed by atoms with Crippen LogP contribution < -0.4 is 0 Å². The van der Waals surface area contributed by atoms with Gasteiger partial charge in [-0.2, -0.15) is 5.26 Å². The third-order valence-electron chi connectivity index (χ3n) is 2.32. The van der Waals surface area contributed by atoms with Crippen LogP contribution in [0.3, 0.4) is 0 Å². The van der Waals surface area contributed by atoms with Crippen molar-refractivity contribution in [1.82, 2.24) is 0 Å². The van der Waals surface area contributed by atoms with Crippen molar-refractivity contribution in [3.05, 3.63) is 34.8 Å². The first-order valence-corrected chi connectivity index (χ1v) is 5.99. The maximum Gasteiger partial charge on any atom is 0.351 e. The Balaban J connectivity index is 2.97. The zero-order valence-corrected chi connectivity index (χ0v) is 11.5. The molecule has 0 bridgehead atoms. The largest absolute Gasteiger partial charge is 0.467 e. The number of hydrogen-bond donors (Lipinski definition) is 0. The summed E-state index contributed by atoms with van der Waals surface area (Å²) in [7, 11) is 0. The molecule has 0 fully saturated rings. The van der Waals surface area contributed by atoms with Gasteiger partial charge in [-0.1, -0.05) is 0 Å². The highest BCUT2D eigenvalue weighted by molar-refractivity contribution is 5.95. The zero-order valence-electron chi connectivity index (χ0n) is 11.5. The van der Waals surface area contributed by atoms with Crippen LogP contribution in [0.2, 0.25) is 0 Å². The summed E-state index contributed by atoms with van der Waals surface area (Å²) in [5.41, 5.74) is 0.422. The molecule has 0 N–H and O–H groups in total. The molecule has 1 atom stereocenters. The number of allylic oxidation sites excluding steroid dienone is 5. The van der Waals surface area contributed by atoms with Crippen LogP contribution in [0, 0.1) is 11.3 Å². The second-order valence-electron chi connectivity index (χ2n) is 3.98. The lowest BCUT2D eigenvalue weighted by molar-refractivity contribution is -0.168. The Morgan fingerprint density at radius 1 is 1.42 bits per heavy atom. The van der Waals surface area contributed by atoms with Gasteiger partial charge in [-0.3, -0.25) is 0 Å². The second-order valence-corrected chi connectivity index (χ2v) is 3.98. The minimum absolute atomic E-state index is 0.0615. The molecule has 0 spiro atoms. The van der Waals surface area contributed by atoms with E-state index >= 15 is 0 Å². The smallest absolute Gasteiger partial charge is 0.351 e. The van der Waals surface area contributed by atoms with E-state index in [9.17, 15) is 4.79 Å². The highest BCUT2D eigenvalue weighted by Crippen LogP contribution is 2.21. The number of nitrogens with zero attached hydrogens (tertiary/aromatic N) is 1. The summed E-state index contributed by atoms with van der Waals surface area (Å²) in [5, 5.41) is 9.12. The minimum Gasteiger partial charge on any atom is -0.467 e. The Labute approximate surface area is 112 Å². The van der Waals surface area contributed by atoms with Crippen molar-refractivity contribution >= 4 is 5.97 Å². The molecule has 1 aliphatic heterocycles. The summed E-state index contributed by atoms with van der Waals surface area (Å²) < 4.78 is 15.4. The molecule has 102 valence electrons. The molecule has 0 aromatic carbocycles. The first kappa shape index (κ1) is 15.0. The molecule has 0 aromatic heterocycles. The molecule has 5 nitrogen and oxygen atoms in total. The lowest BCUT2D eigenvalue weighted by Crippen LogP contribution is -2.20. The number of rotatable bonds is 4. The molecule has 19 heavy (non-hydrogen) atoms. The Bertz CT molecular complexity index is 474. The predicted octanol–water partition coefficient (Wildman–Crippen LogP) is 2.57. The highest BCUT2D eigenvalue weighted by atomic mass is 16.7. The molecule has 1 rings (SSSR count). The van der Waals surface area contributed by atoms with Gasteiger partial charge in [0.15, 0.2) is 0 Å². The first-order chi connectivity index (χ1) is 8.97. The van der Waals surface area contributed by atoms with Gasteiger partial charge in [0.25, 0.3) is 0 Å². The predicted molar refractivity (Wildman–Crippen MR) is 68.4 cm³/mol.